The summed E-state index contributed by atoms with van der Waals surface area (Å²) in [5.41, 5.74) is 1.15. The molecule has 3 rings (SSSR count). The Bertz CT molecular complexity index is 818. The van der Waals surface area contributed by atoms with Crippen LogP contribution in [0.1, 0.15) is 22.7 Å². The van der Waals surface area contributed by atoms with Crippen LogP contribution in [0.5, 0.6) is 0 Å². The van der Waals surface area contributed by atoms with E-state index in [1.165, 1.54) is 22.2 Å². The molecular formula is C17H24N4O3S2. The van der Waals surface area contributed by atoms with Crippen molar-refractivity contribution in [1.29, 1.82) is 0 Å². The van der Waals surface area contributed by atoms with E-state index in [1.54, 1.807) is 18.4 Å². The van der Waals surface area contributed by atoms with Gasteiger partial charge in [0.2, 0.25) is 5.91 Å². The maximum absolute atomic E-state index is 12.4. The van der Waals surface area contributed by atoms with Gasteiger partial charge >= 0.3 is 0 Å². The van der Waals surface area contributed by atoms with E-state index in [0.717, 1.165) is 36.0 Å². The lowest BCUT2D eigenvalue weighted by Crippen LogP contribution is -2.34. The van der Waals surface area contributed by atoms with Gasteiger partial charge in [0, 0.05) is 31.6 Å². The molecule has 0 atom stereocenters. The van der Waals surface area contributed by atoms with E-state index in [-0.39, 0.29) is 11.5 Å². The van der Waals surface area contributed by atoms with Gasteiger partial charge in [-0.25, -0.2) is 4.98 Å². The first kappa shape index (κ1) is 19.3. The third-order valence-electron chi connectivity index (χ3n) is 4.20. The number of thiophene rings is 1. The van der Waals surface area contributed by atoms with Crippen molar-refractivity contribution in [3.8, 4) is 0 Å². The summed E-state index contributed by atoms with van der Waals surface area (Å²) in [6.07, 6.45) is 3.17. The van der Waals surface area contributed by atoms with Crippen LogP contribution in [0.25, 0.3) is 10.2 Å². The number of amides is 1. The highest BCUT2D eigenvalue weighted by Gasteiger charge is 2.21. The highest BCUT2D eigenvalue weighted by molar-refractivity contribution is 7.99. The van der Waals surface area contributed by atoms with Gasteiger partial charge in [-0.3, -0.25) is 9.59 Å². The number of thioether (sulfide) groups is 1. The van der Waals surface area contributed by atoms with Crippen molar-refractivity contribution in [1.82, 2.24) is 20.6 Å². The lowest BCUT2D eigenvalue weighted by atomic mass is 10.2. The second kappa shape index (κ2) is 9.50. The van der Waals surface area contributed by atoms with Crippen molar-refractivity contribution >= 4 is 39.2 Å². The number of nitrogens with zero attached hydrogens (tertiary/aromatic N) is 1. The fraction of sp³-hybridized carbons (Fsp3) is 0.588. The van der Waals surface area contributed by atoms with Crippen molar-refractivity contribution in [3.05, 3.63) is 26.6 Å². The number of H-pyrrole nitrogens is 1. The van der Waals surface area contributed by atoms with E-state index in [1.807, 2.05) is 0 Å². The molecule has 1 aliphatic carbocycles. The minimum absolute atomic E-state index is 0.0120. The van der Waals surface area contributed by atoms with Crippen LogP contribution in [0.2, 0.25) is 0 Å². The number of hydrogen-bond acceptors (Lipinski definition) is 7. The zero-order chi connectivity index (χ0) is 18.4. The van der Waals surface area contributed by atoms with Crippen LogP contribution in [0.3, 0.4) is 0 Å². The molecule has 0 unspecified atom stereocenters. The quantitative estimate of drug-likeness (QED) is 0.520. The molecule has 9 heteroatoms. The molecule has 0 radical (unpaired) electrons. The summed E-state index contributed by atoms with van der Waals surface area (Å²) in [4.78, 5) is 33.8. The standard InChI is InChI=1S/C17H24N4O3S2/c1-24-8-7-18-5-6-19-14(22)10-25-9-13-20-16(23)15-11-3-2-4-12(11)26-17(15)21-13/h18H,2-10H2,1H3,(H,19,22)(H,20,21,23). The second-order valence-electron chi connectivity index (χ2n) is 6.14. The van der Waals surface area contributed by atoms with Crippen LogP contribution in [0.4, 0.5) is 0 Å². The van der Waals surface area contributed by atoms with Gasteiger partial charge in [-0.2, -0.15) is 0 Å². The Morgan fingerprint density at radius 3 is 3.08 bits per heavy atom. The van der Waals surface area contributed by atoms with Gasteiger partial charge in [0.25, 0.3) is 5.56 Å². The molecule has 0 bridgehead atoms. The van der Waals surface area contributed by atoms with E-state index in [0.29, 0.717) is 37.0 Å². The van der Waals surface area contributed by atoms with Gasteiger partial charge in [0.1, 0.15) is 10.7 Å². The maximum atomic E-state index is 12.4. The minimum Gasteiger partial charge on any atom is -0.383 e. The molecule has 0 spiro atoms. The molecule has 0 saturated carbocycles. The zero-order valence-electron chi connectivity index (χ0n) is 14.9. The van der Waals surface area contributed by atoms with E-state index >= 15 is 0 Å². The number of nitrogens with one attached hydrogen (secondary N) is 3. The monoisotopic (exact) mass is 396 g/mol. The summed E-state index contributed by atoms with van der Waals surface area (Å²) in [6, 6.07) is 0. The molecule has 2 aromatic heterocycles. The fourth-order valence-electron chi connectivity index (χ4n) is 3.00. The molecule has 0 fully saturated rings. The molecule has 3 N–H and O–H groups in total. The number of fused-ring (bicyclic) bond motifs is 3. The Morgan fingerprint density at radius 2 is 2.23 bits per heavy atom. The molecule has 7 nitrogen and oxygen atoms in total. The molecule has 0 saturated heterocycles. The fourth-order valence-corrected chi connectivity index (χ4v) is 5.00. The molecule has 0 aliphatic heterocycles. The topological polar surface area (TPSA) is 96.1 Å². The van der Waals surface area contributed by atoms with E-state index in [4.69, 9.17) is 4.74 Å². The Morgan fingerprint density at radius 1 is 1.35 bits per heavy atom. The highest BCUT2D eigenvalue weighted by atomic mass is 32.2. The number of rotatable bonds is 10. The number of carbonyl (C=O) groups is 1. The Kier molecular flexibility index (Phi) is 7.07. The van der Waals surface area contributed by atoms with Crippen LogP contribution < -0.4 is 16.2 Å². The number of carbonyl (C=O) groups excluding carboxylic acids is 1. The average Bonchev–Trinajstić information content (AvgIpc) is 3.18. The average molecular weight is 397 g/mol. The molecule has 142 valence electrons. The number of aryl methyl sites for hydroxylation is 2. The number of aromatic nitrogens is 2. The zero-order valence-corrected chi connectivity index (χ0v) is 16.5. The predicted octanol–water partition coefficient (Wildman–Crippen LogP) is 1.06. The molecule has 2 aromatic rings. The summed E-state index contributed by atoms with van der Waals surface area (Å²) in [5.74, 6) is 1.50. The van der Waals surface area contributed by atoms with Crippen molar-refractivity contribution in [2.75, 3.05) is 39.1 Å². The Balaban J connectivity index is 1.44. The van der Waals surface area contributed by atoms with E-state index < -0.39 is 0 Å². The van der Waals surface area contributed by atoms with Crippen molar-refractivity contribution in [3.63, 3.8) is 0 Å². The van der Waals surface area contributed by atoms with Crippen LogP contribution in [-0.4, -0.2) is 55.0 Å². The summed E-state index contributed by atoms with van der Waals surface area (Å²) in [6.45, 7) is 2.74. The maximum Gasteiger partial charge on any atom is 0.259 e. The van der Waals surface area contributed by atoms with Crippen LogP contribution in [0, 0.1) is 0 Å². The van der Waals surface area contributed by atoms with Crippen LogP contribution in [-0.2, 0) is 28.1 Å². The first-order valence-electron chi connectivity index (χ1n) is 8.76. The van der Waals surface area contributed by atoms with Crippen molar-refractivity contribution < 1.29 is 9.53 Å². The first-order chi connectivity index (χ1) is 12.7. The summed E-state index contributed by atoms with van der Waals surface area (Å²) < 4.78 is 4.93. The lowest BCUT2D eigenvalue weighted by molar-refractivity contribution is -0.118. The minimum atomic E-state index is -0.0448. The van der Waals surface area contributed by atoms with Gasteiger partial charge in [0.15, 0.2) is 0 Å². The van der Waals surface area contributed by atoms with Gasteiger partial charge in [-0.15, -0.1) is 23.1 Å². The van der Waals surface area contributed by atoms with Gasteiger partial charge < -0.3 is 20.4 Å². The van der Waals surface area contributed by atoms with Crippen LogP contribution >= 0.6 is 23.1 Å². The van der Waals surface area contributed by atoms with E-state index in [9.17, 15) is 9.59 Å². The van der Waals surface area contributed by atoms with Gasteiger partial charge in [-0.05, 0) is 24.8 Å². The second-order valence-corrected chi connectivity index (χ2v) is 8.20. The number of ether oxygens (including phenoxy) is 1. The number of methoxy groups -OCH3 is 1. The largest absolute Gasteiger partial charge is 0.383 e. The van der Waals surface area contributed by atoms with Crippen molar-refractivity contribution in [2.24, 2.45) is 0 Å². The first-order valence-corrected chi connectivity index (χ1v) is 10.7. The molecule has 26 heavy (non-hydrogen) atoms. The molecular weight excluding hydrogens is 372 g/mol. The third kappa shape index (κ3) is 4.85. The SMILES string of the molecule is COCCNCCNC(=O)CSCc1nc2sc3c(c2c(=O)[nH]1)CCC3. The molecule has 2 heterocycles. The summed E-state index contributed by atoms with van der Waals surface area (Å²) >= 11 is 3.09. The van der Waals surface area contributed by atoms with Crippen molar-refractivity contribution in [2.45, 2.75) is 25.0 Å². The highest BCUT2D eigenvalue weighted by Crippen LogP contribution is 2.34. The lowest BCUT2D eigenvalue weighted by Gasteiger charge is -2.06. The van der Waals surface area contributed by atoms with Gasteiger partial charge in [-0.1, -0.05) is 0 Å². The predicted molar refractivity (Wildman–Crippen MR) is 106 cm³/mol. The van der Waals surface area contributed by atoms with Gasteiger partial charge in [0.05, 0.1) is 23.5 Å². The normalized spacial score (nSPS) is 13.3. The summed E-state index contributed by atoms with van der Waals surface area (Å²) in [7, 11) is 1.66. The number of hydrogen-bond donors (Lipinski definition) is 3. The third-order valence-corrected chi connectivity index (χ3v) is 6.33. The van der Waals surface area contributed by atoms with Crippen LogP contribution in [0.15, 0.2) is 4.79 Å². The Hall–Kier alpha value is -1.42. The molecule has 1 aliphatic rings. The molecule has 0 aromatic carbocycles. The Labute approximate surface area is 160 Å². The smallest absolute Gasteiger partial charge is 0.259 e. The number of aromatic amines is 1. The van der Waals surface area contributed by atoms with E-state index in [2.05, 4.69) is 20.6 Å². The molecule has 1 amide bonds. The summed E-state index contributed by atoms with van der Waals surface area (Å²) in [5, 5.41) is 6.80.